The van der Waals surface area contributed by atoms with Gasteiger partial charge in [-0.2, -0.15) is 0 Å². The number of pyridine rings is 1. The highest BCUT2D eigenvalue weighted by Crippen LogP contribution is 2.31. The van der Waals surface area contributed by atoms with Crippen molar-refractivity contribution in [3.05, 3.63) is 105 Å². The molecule has 0 aliphatic carbocycles. The van der Waals surface area contributed by atoms with Crippen LogP contribution in [0.2, 0.25) is 0 Å². The van der Waals surface area contributed by atoms with Crippen molar-refractivity contribution in [2.45, 2.75) is 51.9 Å². The van der Waals surface area contributed by atoms with Gasteiger partial charge in [-0.05, 0) is 90.5 Å². The summed E-state index contributed by atoms with van der Waals surface area (Å²) < 4.78 is 32.8. The second-order valence-corrected chi connectivity index (χ2v) is 12.0. The zero-order valence-corrected chi connectivity index (χ0v) is 23.6. The van der Waals surface area contributed by atoms with Gasteiger partial charge in [0.15, 0.2) is 0 Å². The first-order valence-corrected chi connectivity index (χ1v) is 14.2. The lowest BCUT2D eigenvalue weighted by Crippen LogP contribution is -2.15. The topological polar surface area (TPSA) is 140 Å². The first-order valence-electron chi connectivity index (χ1n) is 12.7. The molecule has 0 aliphatic rings. The maximum Gasteiger partial charge on any atom is 0.439 e. The van der Waals surface area contributed by atoms with Crippen molar-refractivity contribution in [1.82, 2.24) is 19.1 Å². The van der Waals surface area contributed by atoms with Gasteiger partial charge in [0.2, 0.25) is 5.82 Å². The molecule has 2 aromatic carbocycles. The molecule has 0 radical (unpaired) electrons. The molecule has 2 N–H and O–H groups in total. The minimum absolute atomic E-state index is 0.0609. The number of carbonyl (C=O) groups excluding carboxylic acids is 1. The molecule has 5 aromatic rings. The van der Waals surface area contributed by atoms with E-state index in [0.717, 1.165) is 33.5 Å². The first-order chi connectivity index (χ1) is 18.9. The lowest BCUT2D eigenvalue weighted by molar-refractivity contribution is 0.101. The molecule has 3 heterocycles. The fraction of sp³-hybridized carbons (Fsp3) is 0.241. The van der Waals surface area contributed by atoms with E-state index in [1.165, 1.54) is 3.97 Å². The largest absolute Gasteiger partial charge is 0.439 e. The van der Waals surface area contributed by atoms with Gasteiger partial charge in [-0.25, -0.2) is 17.2 Å². The average Bonchev–Trinajstić information content (AvgIpc) is 3.50. The number of nitrogens with zero attached hydrogens (tertiary/aromatic N) is 3. The van der Waals surface area contributed by atoms with Gasteiger partial charge in [0.05, 0.1) is 15.9 Å². The van der Waals surface area contributed by atoms with E-state index < -0.39 is 21.7 Å². The Morgan fingerprint density at radius 1 is 1.05 bits per heavy atom. The molecule has 0 saturated carbocycles. The number of carbonyl (C=O) groups is 1. The molecule has 40 heavy (non-hydrogen) atoms. The van der Waals surface area contributed by atoms with Gasteiger partial charge < -0.3 is 5.32 Å². The van der Waals surface area contributed by atoms with Crippen LogP contribution in [0.15, 0.2) is 68.9 Å². The number of aromatic nitrogens is 4. The molecular formula is C29H29N5O5S. The predicted molar refractivity (Wildman–Crippen MR) is 151 cm³/mol. The number of aromatic amines is 1. The molecule has 0 spiro atoms. The third-order valence-electron chi connectivity index (χ3n) is 6.87. The molecule has 0 fully saturated rings. The molecule has 0 bridgehead atoms. The van der Waals surface area contributed by atoms with Crippen LogP contribution in [0, 0.1) is 20.8 Å². The van der Waals surface area contributed by atoms with E-state index in [0.29, 0.717) is 23.1 Å². The van der Waals surface area contributed by atoms with E-state index in [2.05, 4.69) is 20.0 Å². The fourth-order valence-electron chi connectivity index (χ4n) is 4.73. The quantitative estimate of drug-likeness (QED) is 0.291. The van der Waals surface area contributed by atoms with E-state index in [1.54, 1.807) is 30.5 Å². The standard InChI is InChI=1S/C29H29N5O5S/c1-16(2)24-15-34(40(37,38)22-9-6-17(3)7-10-22)25-11-8-20(30-26(24)25)14-23-18(4)12-21(13-19(23)5)31-28(35)27-32-29(36)39-33-27/h6-13,15-16H,14H2,1-5H3,(H,31,35)(H,32,33,36). The molecule has 10 nitrogen and oxygen atoms in total. The van der Waals surface area contributed by atoms with Crippen LogP contribution >= 0.6 is 0 Å². The van der Waals surface area contributed by atoms with Crippen molar-refractivity contribution in [2.75, 3.05) is 5.32 Å². The molecular weight excluding hydrogens is 530 g/mol. The van der Waals surface area contributed by atoms with Crippen LogP contribution in [0.25, 0.3) is 11.0 Å². The Hall–Kier alpha value is -4.51. The van der Waals surface area contributed by atoms with Crippen LogP contribution in [-0.4, -0.2) is 33.4 Å². The number of nitrogens with one attached hydrogen (secondary N) is 2. The molecule has 11 heteroatoms. The summed E-state index contributed by atoms with van der Waals surface area (Å²) in [6.07, 6.45) is 2.20. The summed E-state index contributed by atoms with van der Waals surface area (Å²) in [6.45, 7) is 9.83. The van der Waals surface area contributed by atoms with Gasteiger partial charge in [0.25, 0.3) is 15.9 Å². The van der Waals surface area contributed by atoms with E-state index in [-0.39, 0.29) is 16.6 Å². The van der Waals surface area contributed by atoms with Crippen LogP contribution in [0.5, 0.6) is 0 Å². The number of fused-ring (bicyclic) bond motifs is 1. The Bertz CT molecular complexity index is 1890. The number of hydrogen-bond donors (Lipinski definition) is 2. The molecule has 5 rings (SSSR count). The zero-order valence-electron chi connectivity index (χ0n) is 22.8. The number of amides is 1. The summed E-state index contributed by atoms with van der Waals surface area (Å²) in [5.74, 6) is -1.54. The lowest BCUT2D eigenvalue weighted by Gasteiger charge is -2.13. The van der Waals surface area contributed by atoms with E-state index in [4.69, 9.17) is 4.98 Å². The summed E-state index contributed by atoms with van der Waals surface area (Å²) in [5, 5.41) is 6.12. The van der Waals surface area contributed by atoms with Crippen LogP contribution in [0.1, 0.15) is 63.9 Å². The first kappa shape index (κ1) is 27.1. The van der Waals surface area contributed by atoms with Gasteiger partial charge in [-0.3, -0.25) is 19.3 Å². The van der Waals surface area contributed by atoms with Crippen molar-refractivity contribution in [2.24, 2.45) is 0 Å². The summed E-state index contributed by atoms with van der Waals surface area (Å²) in [6, 6.07) is 14.1. The number of rotatable bonds is 7. The number of aryl methyl sites for hydroxylation is 3. The zero-order chi connectivity index (χ0) is 28.8. The number of benzene rings is 2. The summed E-state index contributed by atoms with van der Waals surface area (Å²) >= 11 is 0. The Kier molecular flexibility index (Phi) is 6.92. The highest BCUT2D eigenvalue weighted by atomic mass is 32.2. The molecule has 0 atom stereocenters. The molecule has 206 valence electrons. The minimum Gasteiger partial charge on any atom is -0.319 e. The van der Waals surface area contributed by atoms with Crippen molar-refractivity contribution < 1.29 is 17.7 Å². The number of anilines is 1. The predicted octanol–water partition coefficient (Wildman–Crippen LogP) is 4.84. The molecule has 3 aromatic heterocycles. The van der Waals surface area contributed by atoms with Crippen LogP contribution in [0.4, 0.5) is 5.69 Å². The van der Waals surface area contributed by atoms with Gasteiger partial charge in [0, 0.05) is 24.0 Å². The SMILES string of the molecule is Cc1ccc(S(=O)(=O)n2cc(C(C)C)c3nc(Cc4c(C)cc(NC(=O)c5noc(=O)[nH]5)cc4C)ccc32)cc1. The molecule has 1 amide bonds. The molecule has 0 saturated heterocycles. The maximum atomic E-state index is 13.5. The van der Waals surface area contributed by atoms with Crippen molar-refractivity contribution in [1.29, 1.82) is 0 Å². The van der Waals surface area contributed by atoms with Crippen molar-refractivity contribution >= 4 is 32.7 Å². The van der Waals surface area contributed by atoms with E-state index in [1.807, 2.05) is 58.9 Å². The third kappa shape index (κ3) is 5.07. The summed E-state index contributed by atoms with van der Waals surface area (Å²) in [4.78, 5) is 30.9. The Balaban J connectivity index is 1.48. The van der Waals surface area contributed by atoms with Gasteiger partial charge in [-0.1, -0.05) is 31.5 Å². The van der Waals surface area contributed by atoms with E-state index in [9.17, 15) is 18.0 Å². The fourth-order valence-corrected chi connectivity index (χ4v) is 6.09. The maximum absolute atomic E-state index is 13.5. The van der Waals surface area contributed by atoms with Crippen LogP contribution < -0.4 is 11.1 Å². The molecule has 0 aliphatic heterocycles. The average molecular weight is 560 g/mol. The normalized spacial score (nSPS) is 11.8. The smallest absolute Gasteiger partial charge is 0.319 e. The lowest BCUT2D eigenvalue weighted by atomic mass is 9.97. The second-order valence-electron chi connectivity index (χ2n) is 10.2. The van der Waals surface area contributed by atoms with Crippen LogP contribution in [0.3, 0.4) is 0 Å². The second kappa shape index (κ2) is 10.2. The highest BCUT2D eigenvalue weighted by Gasteiger charge is 2.23. The summed E-state index contributed by atoms with van der Waals surface area (Å²) in [7, 11) is -3.80. The van der Waals surface area contributed by atoms with Crippen molar-refractivity contribution in [3.8, 4) is 0 Å². The minimum atomic E-state index is -3.80. The van der Waals surface area contributed by atoms with E-state index >= 15 is 0 Å². The van der Waals surface area contributed by atoms with Gasteiger partial charge in [-0.15, -0.1) is 0 Å². The Morgan fingerprint density at radius 2 is 1.73 bits per heavy atom. The Labute approximate surface area is 231 Å². The monoisotopic (exact) mass is 559 g/mol. The number of hydrogen-bond acceptors (Lipinski definition) is 7. The third-order valence-corrected chi connectivity index (χ3v) is 8.55. The number of H-pyrrole nitrogens is 1. The Morgan fingerprint density at radius 3 is 2.33 bits per heavy atom. The van der Waals surface area contributed by atoms with Crippen LogP contribution in [-0.2, 0) is 16.4 Å². The van der Waals surface area contributed by atoms with Crippen molar-refractivity contribution in [3.63, 3.8) is 0 Å². The molecule has 0 unspecified atom stereocenters. The summed E-state index contributed by atoms with van der Waals surface area (Å²) in [5.41, 5.74) is 7.29. The van der Waals surface area contributed by atoms with Gasteiger partial charge >= 0.3 is 5.76 Å². The highest BCUT2D eigenvalue weighted by molar-refractivity contribution is 7.90. The van der Waals surface area contributed by atoms with Gasteiger partial charge in [0.1, 0.15) is 0 Å².